The Morgan fingerprint density at radius 1 is 1.16 bits per heavy atom. The third kappa shape index (κ3) is 3.47. The number of hydrogen-bond donors (Lipinski definition) is 1. The maximum Gasteiger partial charge on any atom is 0.183 e. The Hall–Kier alpha value is -1.55. The number of anilines is 1. The molecule has 0 radical (unpaired) electrons. The van der Waals surface area contributed by atoms with Crippen LogP contribution in [0.1, 0.15) is 25.6 Å². The summed E-state index contributed by atoms with van der Waals surface area (Å²) >= 11 is 1.69. The lowest BCUT2D eigenvalue weighted by Gasteiger charge is -2.19. The lowest BCUT2D eigenvalue weighted by molar-refractivity contribution is 0.415. The summed E-state index contributed by atoms with van der Waals surface area (Å²) in [5.74, 6) is 0.865. The van der Waals surface area contributed by atoms with Crippen LogP contribution in [0.5, 0.6) is 5.75 Å². The second-order valence-corrected chi connectivity index (χ2v) is 6.73. The van der Waals surface area contributed by atoms with E-state index in [1.54, 1.807) is 18.4 Å². The van der Waals surface area contributed by atoms with Gasteiger partial charge in [0.1, 0.15) is 5.75 Å². The fraction of sp³-hybridized carbons (Fsp3) is 0.400. The number of hydrogen-bond acceptors (Lipinski definition) is 4. The Bertz CT molecular complexity index is 553. The standard InChI is InChI=1S/C15H20N2OS/c1-10-13(11-6-8-12(18-5)9-7-11)16-14(19-10)17-15(2,3)4/h6-9H,1-5H3,(H,16,17). The van der Waals surface area contributed by atoms with Crippen LogP contribution in [0.4, 0.5) is 5.13 Å². The van der Waals surface area contributed by atoms with E-state index in [0.29, 0.717) is 0 Å². The van der Waals surface area contributed by atoms with Crippen molar-refractivity contribution in [1.82, 2.24) is 4.98 Å². The highest BCUT2D eigenvalue weighted by Crippen LogP contribution is 2.32. The number of thiazole rings is 1. The Morgan fingerprint density at radius 2 is 1.79 bits per heavy atom. The molecule has 3 nitrogen and oxygen atoms in total. The molecular formula is C15H20N2OS. The van der Waals surface area contributed by atoms with Gasteiger partial charge < -0.3 is 10.1 Å². The van der Waals surface area contributed by atoms with Gasteiger partial charge in [-0.3, -0.25) is 0 Å². The molecule has 0 atom stereocenters. The Kier molecular flexibility index (Phi) is 3.80. The van der Waals surface area contributed by atoms with E-state index in [2.05, 4.69) is 38.0 Å². The van der Waals surface area contributed by atoms with Crippen molar-refractivity contribution in [3.63, 3.8) is 0 Å². The van der Waals surface area contributed by atoms with Crippen molar-refractivity contribution < 1.29 is 4.74 Å². The number of rotatable bonds is 3. The molecule has 1 N–H and O–H groups in total. The van der Waals surface area contributed by atoms with Crippen molar-refractivity contribution in [1.29, 1.82) is 0 Å². The van der Waals surface area contributed by atoms with E-state index in [9.17, 15) is 0 Å². The second kappa shape index (κ2) is 5.21. The zero-order valence-electron chi connectivity index (χ0n) is 12.1. The highest BCUT2D eigenvalue weighted by Gasteiger charge is 2.15. The smallest absolute Gasteiger partial charge is 0.183 e. The van der Waals surface area contributed by atoms with Crippen LogP contribution >= 0.6 is 11.3 Å². The molecule has 0 saturated carbocycles. The molecule has 1 heterocycles. The summed E-state index contributed by atoms with van der Waals surface area (Å²) in [4.78, 5) is 5.91. The van der Waals surface area contributed by atoms with Crippen LogP contribution in [0.25, 0.3) is 11.3 Å². The van der Waals surface area contributed by atoms with E-state index in [1.807, 2.05) is 24.3 Å². The average molecular weight is 276 g/mol. The van der Waals surface area contributed by atoms with Gasteiger partial charge in [-0.15, -0.1) is 11.3 Å². The molecule has 0 unspecified atom stereocenters. The average Bonchev–Trinajstić information content (AvgIpc) is 2.68. The lowest BCUT2D eigenvalue weighted by Crippen LogP contribution is -2.25. The normalized spacial score (nSPS) is 11.4. The highest BCUT2D eigenvalue weighted by atomic mass is 32.1. The van der Waals surface area contributed by atoms with Crippen LogP contribution in [0.2, 0.25) is 0 Å². The Morgan fingerprint density at radius 3 is 2.32 bits per heavy atom. The van der Waals surface area contributed by atoms with Gasteiger partial charge in [0.05, 0.1) is 12.8 Å². The second-order valence-electron chi connectivity index (χ2n) is 5.53. The van der Waals surface area contributed by atoms with Crippen molar-refractivity contribution in [2.75, 3.05) is 12.4 Å². The van der Waals surface area contributed by atoms with Crippen LogP contribution in [-0.2, 0) is 0 Å². The number of aromatic nitrogens is 1. The van der Waals surface area contributed by atoms with E-state index in [4.69, 9.17) is 4.74 Å². The first-order chi connectivity index (χ1) is 8.89. The number of benzene rings is 1. The van der Waals surface area contributed by atoms with Gasteiger partial charge in [0.2, 0.25) is 0 Å². The molecule has 0 saturated heterocycles. The first kappa shape index (κ1) is 13.9. The van der Waals surface area contributed by atoms with E-state index >= 15 is 0 Å². The molecule has 2 aromatic rings. The molecule has 0 amide bonds. The molecule has 0 bridgehead atoms. The van der Waals surface area contributed by atoms with Crippen molar-refractivity contribution in [3.8, 4) is 17.0 Å². The molecule has 1 aromatic carbocycles. The summed E-state index contributed by atoms with van der Waals surface area (Å²) in [7, 11) is 1.68. The van der Waals surface area contributed by atoms with Crippen LogP contribution in [-0.4, -0.2) is 17.6 Å². The molecule has 102 valence electrons. The zero-order chi connectivity index (χ0) is 14.0. The van der Waals surface area contributed by atoms with Gasteiger partial charge in [-0.05, 0) is 52.0 Å². The number of aryl methyl sites for hydroxylation is 1. The van der Waals surface area contributed by atoms with Gasteiger partial charge in [-0.25, -0.2) is 4.98 Å². The third-order valence-electron chi connectivity index (χ3n) is 2.64. The van der Waals surface area contributed by atoms with Crippen molar-refractivity contribution in [2.24, 2.45) is 0 Å². The summed E-state index contributed by atoms with van der Waals surface area (Å²) in [5, 5.41) is 4.39. The van der Waals surface area contributed by atoms with E-state index in [1.165, 1.54) is 4.88 Å². The highest BCUT2D eigenvalue weighted by molar-refractivity contribution is 7.16. The molecule has 0 fully saturated rings. The monoisotopic (exact) mass is 276 g/mol. The van der Waals surface area contributed by atoms with Gasteiger partial charge in [-0.2, -0.15) is 0 Å². The first-order valence-electron chi connectivity index (χ1n) is 6.29. The molecule has 0 aliphatic heterocycles. The Balaban J connectivity index is 2.29. The summed E-state index contributed by atoms with van der Waals surface area (Å²) in [6, 6.07) is 8.01. The number of nitrogens with zero attached hydrogens (tertiary/aromatic N) is 1. The number of nitrogens with one attached hydrogen (secondary N) is 1. The topological polar surface area (TPSA) is 34.1 Å². The van der Waals surface area contributed by atoms with E-state index in [0.717, 1.165) is 22.1 Å². The SMILES string of the molecule is COc1ccc(-c2nc(NC(C)(C)C)sc2C)cc1. The van der Waals surface area contributed by atoms with Crippen LogP contribution in [0.3, 0.4) is 0 Å². The minimum Gasteiger partial charge on any atom is -0.497 e. The largest absolute Gasteiger partial charge is 0.497 e. The number of methoxy groups -OCH3 is 1. The zero-order valence-corrected chi connectivity index (χ0v) is 12.9. The molecule has 2 rings (SSSR count). The van der Waals surface area contributed by atoms with E-state index < -0.39 is 0 Å². The van der Waals surface area contributed by atoms with Crippen molar-refractivity contribution in [2.45, 2.75) is 33.2 Å². The molecule has 0 aliphatic rings. The summed E-state index contributed by atoms with van der Waals surface area (Å²) in [6.45, 7) is 8.51. The van der Waals surface area contributed by atoms with Gasteiger partial charge in [0, 0.05) is 16.0 Å². The predicted molar refractivity (Wildman–Crippen MR) is 82.2 cm³/mol. The van der Waals surface area contributed by atoms with Gasteiger partial charge in [0.15, 0.2) is 5.13 Å². The van der Waals surface area contributed by atoms with Gasteiger partial charge >= 0.3 is 0 Å². The number of ether oxygens (including phenoxy) is 1. The van der Waals surface area contributed by atoms with Gasteiger partial charge in [0.25, 0.3) is 0 Å². The fourth-order valence-electron chi connectivity index (χ4n) is 1.79. The lowest BCUT2D eigenvalue weighted by atomic mass is 10.1. The molecule has 0 aliphatic carbocycles. The summed E-state index contributed by atoms with van der Waals surface area (Å²) < 4.78 is 5.18. The quantitative estimate of drug-likeness (QED) is 0.905. The fourth-order valence-corrected chi connectivity index (χ4v) is 2.83. The molecule has 1 aromatic heterocycles. The molecule has 19 heavy (non-hydrogen) atoms. The van der Waals surface area contributed by atoms with Crippen LogP contribution < -0.4 is 10.1 Å². The molecule has 0 spiro atoms. The maximum atomic E-state index is 5.18. The van der Waals surface area contributed by atoms with Gasteiger partial charge in [-0.1, -0.05) is 0 Å². The third-order valence-corrected chi connectivity index (χ3v) is 3.53. The van der Waals surface area contributed by atoms with Crippen molar-refractivity contribution in [3.05, 3.63) is 29.1 Å². The maximum absolute atomic E-state index is 5.18. The minimum atomic E-state index is 0.0292. The van der Waals surface area contributed by atoms with Crippen molar-refractivity contribution >= 4 is 16.5 Å². The predicted octanol–water partition coefficient (Wildman–Crippen LogP) is 4.34. The Labute approximate surface area is 118 Å². The minimum absolute atomic E-state index is 0.0292. The molecular weight excluding hydrogens is 256 g/mol. The van der Waals surface area contributed by atoms with Crippen LogP contribution in [0, 0.1) is 6.92 Å². The first-order valence-corrected chi connectivity index (χ1v) is 7.11. The van der Waals surface area contributed by atoms with E-state index in [-0.39, 0.29) is 5.54 Å². The van der Waals surface area contributed by atoms with Crippen LogP contribution in [0.15, 0.2) is 24.3 Å². The molecule has 4 heteroatoms. The summed E-state index contributed by atoms with van der Waals surface area (Å²) in [6.07, 6.45) is 0. The summed E-state index contributed by atoms with van der Waals surface area (Å²) in [5.41, 5.74) is 2.19.